The largest absolute Gasteiger partial charge is 0.337 e. The summed E-state index contributed by atoms with van der Waals surface area (Å²) >= 11 is 0. The van der Waals surface area contributed by atoms with E-state index in [9.17, 15) is 13.2 Å². The van der Waals surface area contributed by atoms with Crippen molar-refractivity contribution < 1.29 is 13.2 Å². The zero-order valence-electron chi connectivity index (χ0n) is 10.9. The van der Waals surface area contributed by atoms with E-state index in [1.54, 1.807) is 0 Å². The first-order valence-electron chi connectivity index (χ1n) is 6.69. The Hall–Kier alpha value is -0.780. The van der Waals surface area contributed by atoms with Crippen molar-refractivity contribution in [2.45, 2.75) is 38.1 Å². The van der Waals surface area contributed by atoms with E-state index in [2.05, 4.69) is 5.32 Å². The Morgan fingerprint density at radius 2 is 2.00 bits per heavy atom. The quantitative estimate of drug-likeness (QED) is 0.835. The number of rotatable bonds is 3. The normalized spacial score (nSPS) is 27.9. The smallest absolute Gasteiger partial charge is 0.317 e. The van der Waals surface area contributed by atoms with E-state index in [1.807, 2.05) is 4.90 Å². The molecule has 1 aliphatic carbocycles. The van der Waals surface area contributed by atoms with E-state index >= 15 is 0 Å². The molecule has 2 rings (SSSR count). The fourth-order valence-electron chi connectivity index (χ4n) is 3.15. The van der Waals surface area contributed by atoms with Gasteiger partial charge in [0.15, 0.2) is 0 Å². The predicted molar refractivity (Wildman–Crippen MR) is 70.2 cm³/mol. The number of sulfone groups is 1. The molecule has 5 nitrogen and oxygen atoms in total. The molecule has 0 aromatic heterocycles. The molecule has 1 saturated carbocycles. The third-order valence-corrected chi connectivity index (χ3v) is 4.95. The van der Waals surface area contributed by atoms with Gasteiger partial charge in [-0.1, -0.05) is 6.42 Å². The van der Waals surface area contributed by atoms with Gasteiger partial charge in [0.1, 0.15) is 9.84 Å². The zero-order chi connectivity index (χ0) is 13.2. The Bertz CT molecular complexity index is 408. The van der Waals surface area contributed by atoms with Crippen LogP contribution in [0.5, 0.6) is 0 Å². The van der Waals surface area contributed by atoms with E-state index in [4.69, 9.17) is 0 Å². The van der Waals surface area contributed by atoms with Crippen LogP contribution >= 0.6 is 0 Å². The summed E-state index contributed by atoms with van der Waals surface area (Å²) in [6, 6.07) is 0.298. The second kappa shape index (κ2) is 5.47. The molecule has 104 valence electrons. The van der Waals surface area contributed by atoms with Crippen molar-refractivity contribution in [1.29, 1.82) is 0 Å². The molecule has 1 heterocycles. The van der Waals surface area contributed by atoms with Gasteiger partial charge < -0.3 is 10.2 Å². The lowest BCUT2D eigenvalue weighted by molar-refractivity contribution is 0.129. The Morgan fingerprint density at radius 3 is 2.72 bits per heavy atom. The van der Waals surface area contributed by atoms with Gasteiger partial charge in [0.2, 0.25) is 0 Å². The van der Waals surface area contributed by atoms with Gasteiger partial charge in [-0.25, -0.2) is 13.2 Å². The molecular weight excluding hydrogens is 252 g/mol. The molecule has 1 aliphatic heterocycles. The molecule has 18 heavy (non-hydrogen) atoms. The summed E-state index contributed by atoms with van der Waals surface area (Å²) in [5, 5.41) is 2.73. The predicted octanol–water partition coefficient (Wildman–Crippen LogP) is 1.01. The lowest BCUT2D eigenvalue weighted by atomic mass is 9.92. The molecule has 2 atom stereocenters. The van der Waals surface area contributed by atoms with Crippen LogP contribution in [-0.4, -0.2) is 50.5 Å². The minimum absolute atomic E-state index is 0.0146. The Kier molecular flexibility index (Phi) is 4.14. The van der Waals surface area contributed by atoms with Crippen molar-refractivity contribution >= 4 is 15.9 Å². The number of carbonyl (C=O) groups is 1. The Balaban J connectivity index is 1.84. The van der Waals surface area contributed by atoms with Gasteiger partial charge >= 0.3 is 6.03 Å². The molecule has 2 amide bonds. The number of hydrogen-bond donors (Lipinski definition) is 1. The van der Waals surface area contributed by atoms with Crippen LogP contribution in [0.25, 0.3) is 0 Å². The monoisotopic (exact) mass is 274 g/mol. The molecule has 1 saturated heterocycles. The molecule has 0 aromatic rings. The topological polar surface area (TPSA) is 66.5 Å². The van der Waals surface area contributed by atoms with Gasteiger partial charge in [0, 0.05) is 25.4 Å². The number of carbonyl (C=O) groups excluding carboxylic acids is 1. The number of likely N-dealkylation sites (tertiary alicyclic amines) is 1. The SMILES string of the molecule is CS(=O)(=O)CCNC(=O)N1CCC[C@@H]2CCC[C@H]21. The van der Waals surface area contributed by atoms with E-state index in [1.165, 1.54) is 25.5 Å². The highest BCUT2D eigenvalue weighted by Crippen LogP contribution is 2.36. The van der Waals surface area contributed by atoms with Crippen LogP contribution in [0, 0.1) is 5.92 Å². The van der Waals surface area contributed by atoms with E-state index in [0.29, 0.717) is 12.0 Å². The molecule has 6 heteroatoms. The average molecular weight is 274 g/mol. The van der Waals surface area contributed by atoms with Crippen LogP contribution in [0.1, 0.15) is 32.1 Å². The van der Waals surface area contributed by atoms with Crippen LogP contribution in [0.15, 0.2) is 0 Å². The third kappa shape index (κ3) is 3.37. The molecule has 1 N–H and O–H groups in total. The molecule has 2 fully saturated rings. The van der Waals surface area contributed by atoms with Crippen LogP contribution in [0.4, 0.5) is 4.79 Å². The number of piperidine rings is 1. The highest BCUT2D eigenvalue weighted by atomic mass is 32.2. The summed E-state index contributed by atoms with van der Waals surface area (Å²) in [6.07, 6.45) is 7.04. The lowest BCUT2D eigenvalue weighted by Gasteiger charge is -2.37. The van der Waals surface area contributed by atoms with Crippen LogP contribution in [0.3, 0.4) is 0 Å². The summed E-state index contributed by atoms with van der Waals surface area (Å²) in [5.74, 6) is 0.681. The molecule has 0 aromatic carbocycles. The highest BCUT2D eigenvalue weighted by Gasteiger charge is 2.37. The van der Waals surface area contributed by atoms with Gasteiger partial charge in [-0.2, -0.15) is 0 Å². The highest BCUT2D eigenvalue weighted by molar-refractivity contribution is 7.90. The summed E-state index contributed by atoms with van der Waals surface area (Å²) in [5.41, 5.74) is 0. The molecule has 0 radical (unpaired) electrons. The van der Waals surface area contributed by atoms with Gasteiger partial charge in [-0.05, 0) is 31.6 Å². The minimum Gasteiger partial charge on any atom is -0.337 e. The summed E-state index contributed by atoms with van der Waals surface area (Å²) in [6.45, 7) is 1.03. The summed E-state index contributed by atoms with van der Waals surface area (Å²) < 4.78 is 22.0. The van der Waals surface area contributed by atoms with E-state index < -0.39 is 9.84 Å². The van der Waals surface area contributed by atoms with Crippen LogP contribution in [0.2, 0.25) is 0 Å². The van der Waals surface area contributed by atoms with Crippen LogP contribution in [-0.2, 0) is 9.84 Å². The average Bonchev–Trinajstić information content (AvgIpc) is 2.74. The van der Waals surface area contributed by atoms with E-state index in [0.717, 1.165) is 19.4 Å². The summed E-state index contributed by atoms with van der Waals surface area (Å²) in [4.78, 5) is 14.0. The van der Waals surface area contributed by atoms with E-state index in [-0.39, 0.29) is 18.3 Å². The van der Waals surface area contributed by atoms with Gasteiger partial charge in [-0.15, -0.1) is 0 Å². The molecular formula is C12H22N2O3S. The lowest BCUT2D eigenvalue weighted by Crippen LogP contribution is -2.51. The number of nitrogens with one attached hydrogen (secondary N) is 1. The first kappa shape index (κ1) is 13.6. The maximum absolute atomic E-state index is 12.0. The van der Waals surface area contributed by atoms with Crippen molar-refractivity contribution in [3.05, 3.63) is 0 Å². The van der Waals surface area contributed by atoms with Crippen molar-refractivity contribution in [2.24, 2.45) is 5.92 Å². The van der Waals surface area contributed by atoms with Crippen molar-refractivity contribution in [1.82, 2.24) is 10.2 Å². The zero-order valence-corrected chi connectivity index (χ0v) is 11.7. The number of nitrogens with zero attached hydrogens (tertiary/aromatic N) is 1. The fraction of sp³-hybridized carbons (Fsp3) is 0.917. The standard InChI is InChI=1S/C12H22N2O3S/c1-18(16,17)9-7-13-12(15)14-8-3-5-10-4-2-6-11(10)14/h10-11H,2-9H2,1H3,(H,13,15)/t10-,11+/m0/s1. The first-order chi connectivity index (χ1) is 8.47. The third-order valence-electron chi connectivity index (χ3n) is 4.00. The maximum atomic E-state index is 12.0. The molecule has 0 spiro atoms. The number of hydrogen-bond acceptors (Lipinski definition) is 3. The second-order valence-corrected chi connectivity index (χ2v) is 7.72. The Morgan fingerprint density at radius 1 is 1.28 bits per heavy atom. The molecule has 0 bridgehead atoms. The van der Waals surface area contributed by atoms with Gasteiger partial charge in [0.25, 0.3) is 0 Å². The van der Waals surface area contributed by atoms with Gasteiger partial charge in [-0.3, -0.25) is 0 Å². The minimum atomic E-state index is -3.00. The fourth-order valence-corrected chi connectivity index (χ4v) is 3.62. The number of fused-ring (bicyclic) bond motifs is 1. The van der Waals surface area contributed by atoms with Crippen molar-refractivity contribution in [3.63, 3.8) is 0 Å². The molecule has 0 unspecified atom stereocenters. The summed E-state index contributed by atoms with van der Waals surface area (Å²) in [7, 11) is -3.00. The Labute approximate surface area is 109 Å². The first-order valence-corrected chi connectivity index (χ1v) is 8.75. The number of urea groups is 1. The second-order valence-electron chi connectivity index (χ2n) is 5.46. The van der Waals surface area contributed by atoms with Crippen molar-refractivity contribution in [2.75, 3.05) is 25.1 Å². The van der Waals surface area contributed by atoms with Gasteiger partial charge in [0.05, 0.1) is 5.75 Å². The number of amides is 2. The molecule has 2 aliphatic rings. The van der Waals surface area contributed by atoms with Crippen molar-refractivity contribution in [3.8, 4) is 0 Å². The maximum Gasteiger partial charge on any atom is 0.317 e. The van der Waals surface area contributed by atoms with Crippen LogP contribution < -0.4 is 5.32 Å².